The quantitative estimate of drug-likeness (QED) is 0.527. The van der Waals surface area contributed by atoms with Gasteiger partial charge in [-0.25, -0.2) is 4.39 Å². The molecule has 0 aliphatic rings. The van der Waals surface area contributed by atoms with Crippen LogP contribution in [0.25, 0.3) is 6.08 Å². The third-order valence-corrected chi connectivity index (χ3v) is 2.84. The lowest BCUT2D eigenvalue weighted by Gasteiger charge is -2.04. The van der Waals surface area contributed by atoms with Gasteiger partial charge in [-0.05, 0) is 23.8 Å². The minimum Gasteiger partial charge on any atom is -0.319 e. The summed E-state index contributed by atoms with van der Waals surface area (Å²) in [7, 11) is 0. The molecular formula is C18H13FN2O. The van der Waals surface area contributed by atoms with Gasteiger partial charge in [-0.1, -0.05) is 54.6 Å². The first kappa shape index (κ1) is 15.2. The number of nitrogens with zero attached hydrogens (tertiary/aromatic N) is 1. The number of nitriles is 1. The van der Waals surface area contributed by atoms with Crippen molar-refractivity contribution >= 4 is 17.7 Å². The molecule has 0 radical (unpaired) electrons. The molecule has 0 saturated carbocycles. The molecule has 108 valence electrons. The smallest absolute Gasteiger partial charge is 0.266 e. The molecular weight excluding hydrogens is 279 g/mol. The van der Waals surface area contributed by atoms with Crippen molar-refractivity contribution in [3.8, 4) is 6.07 Å². The highest BCUT2D eigenvalue weighted by molar-refractivity contribution is 6.06. The second-order valence-electron chi connectivity index (χ2n) is 4.40. The topological polar surface area (TPSA) is 52.9 Å². The molecule has 0 spiro atoms. The number of halogens is 1. The summed E-state index contributed by atoms with van der Waals surface area (Å²) in [5.41, 5.74) is 0.890. The fourth-order valence-corrected chi connectivity index (χ4v) is 1.74. The van der Waals surface area contributed by atoms with Crippen LogP contribution in [0.5, 0.6) is 0 Å². The van der Waals surface area contributed by atoms with Gasteiger partial charge < -0.3 is 5.32 Å². The lowest BCUT2D eigenvalue weighted by atomic mass is 10.2. The fourth-order valence-electron chi connectivity index (χ4n) is 1.74. The molecule has 0 aliphatic carbocycles. The molecule has 0 atom stereocenters. The van der Waals surface area contributed by atoms with Crippen LogP contribution in [0.4, 0.5) is 10.1 Å². The van der Waals surface area contributed by atoms with Gasteiger partial charge in [-0.2, -0.15) is 5.26 Å². The fraction of sp³-hybridized carbons (Fsp3) is 0. The second kappa shape index (κ2) is 7.55. The first-order valence-corrected chi connectivity index (χ1v) is 6.60. The minimum absolute atomic E-state index is 0.0423. The number of carbonyl (C=O) groups is 1. The van der Waals surface area contributed by atoms with E-state index in [-0.39, 0.29) is 11.3 Å². The van der Waals surface area contributed by atoms with Gasteiger partial charge >= 0.3 is 0 Å². The Morgan fingerprint density at radius 1 is 1.09 bits per heavy atom. The molecule has 0 heterocycles. The Kier molecular flexibility index (Phi) is 5.22. The first-order valence-electron chi connectivity index (χ1n) is 6.60. The summed E-state index contributed by atoms with van der Waals surface area (Å²) in [5.74, 6) is -1.20. The number of benzene rings is 2. The van der Waals surface area contributed by atoms with Crippen LogP contribution < -0.4 is 5.32 Å². The second-order valence-corrected chi connectivity index (χ2v) is 4.40. The maximum Gasteiger partial charge on any atom is 0.266 e. The Bertz CT molecular complexity index is 758. The number of rotatable bonds is 4. The summed E-state index contributed by atoms with van der Waals surface area (Å²) in [6.45, 7) is 0. The number of nitrogens with one attached hydrogen (secondary N) is 1. The van der Waals surface area contributed by atoms with Gasteiger partial charge in [0.25, 0.3) is 5.91 Å². The predicted octanol–water partition coefficient (Wildman–Crippen LogP) is 3.93. The zero-order valence-corrected chi connectivity index (χ0v) is 11.7. The Morgan fingerprint density at radius 2 is 1.77 bits per heavy atom. The summed E-state index contributed by atoms with van der Waals surface area (Å²) in [5, 5.41) is 11.4. The van der Waals surface area contributed by atoms with Crippen molar-refractivity contribution in [3.05, 3.63) is 83.7 Å². The molecule has 0 aliphatic heterocycles. The SMILES string of the molecule is N#CC(=CC=Cc1ccccc1)C(=O)Nc1ccccc1F. The molecule has 1 N–H and O–H groups in total. The number of allylic oxidation sites excluding steroid dienone is 2. The normalized spacial score (nSPS) is 11.2. The maximum atomic E-state index is 13.5. The van der Waals surface area contributed by atoms with Crippen molar-refractivity contribution in [3.63, 3.8) is 0 Å². The number of hydrogen-bond donors (Lipinski definition) is 1. The van der Waals surface area contributed by atoms with Gasteiger partial charge in [0.2, 0.25) is 0 Å². The maximum absolute atomic E-state index is 13.5. The van der Waals surface area contributed by atoms with E-state index in [1.54, 1.807) is 24.3 Å². The molecule has 2 rings (SSSR count). The van der Waals surface area contributed by atoms with E-state index in [0.717, 1.165) is 5.56 Å². The highest BCUT2D eigenvalue weighted by atomic mass is 19.1. The molecule has 2 aromatic carbocycles. The van der Waals surface area contributed by atoms with E-state index in [4.69, 9.17) is 5.26 Å². The zero-order chi connectivity index (χ0) is 15.8. The average molecular weight is 292 g/mol. The van der Waals surface area contributed by atoms with Crippen LogP contribution in [0.1, 0.15) is 5.56 Å². The van der Waals surface area contributed by atoms with Crippen LogP contribution >= 0.6 is 0 Å². The van der Waals surface area contributed by atoms with E-state index in [0.29, 0.717) is 0 Å². The summed E-state index contributed by atoms with van der Waals surface area (Å²) in [4.78, 5) is 11.9. The summed E-state index contributed by atoms with van der Waals surface area (Å²) < 4.78 is 13.5. The number of carbonyl (C=O) groups excluding carboxylic acids is 1. The van der Waals surface area contributed by atoms with Gasteiger partial charge in [-0.15, -0.1) is 0 Å². The molecule has 0 fully saturated rings. The van der Waals surface area contributed by atoms with Gasteiger partial charge in [0.1, 0.15) is 17.5 Å². The Labute approximate surface area is 128 Å². The largest absolute Gasteiger partial charge is 0.319 e. The highest BCUT2D eigenvalue weighted by Crippen LogP contribution is 2.13. The highest BCUT2D eigenvalue weighted by Gasteiger charge is 2.10. The van der Waals surface area contributed by atoms with Crippen LogP contribution in [0.3, 0.4) is 0 Å². The molecule has 0 bridgehead atoms. The van der Waals surface area contributed by atoms with Crippen molar-refractivity contribution in [1.29, 1.82) is 5.26 Å². The monoisotopic (exact) mass is 292 g/mol. The van der Waals surface area contributed by atoms with E-state index in [9.17, 15) is 9.18 Å². The number of hydrogen-bond acceptors (Lipinski definition) is 2. The van der Waals surface area contributed by atoms with E-state index >= 15 is 0 Å². The van der Waals surface area contributed by atoms with E-state index in [2.05, 4.69) is 5.32 Å². The predicted molar refractivity (Wildman–Crippen MR) is 84.2 cm³/mol. The van der Waals surface area contributed by atoms with E-state index in [1.165, 1.54) is 24.3 Å². The zero-order valence-electron chi connectivity index (χ0n) is 11.7. The van der Waals surface area contributed by atoms with Crippen molar-refractivity contribution < 1.29 is 9.18 Å². The van der Waals surface area contributed by atoms with E-state index in [1.807, 2.05) is 30.3 Å². The van der Waals surface area contributed by atoms with Crippen molar-refractivity contribution in [2.75, 3.05) is 5.32 Å². The molecule has 3 nitrogen and oxygen atoms in total. The minimum atomic E-state index is -0.648. The summed E-state index contributed by atoms with van der Waals surface area (Å²) in [6.07, 6.45) is 4.77. The van der Waals surface area contributed by atoms with Crippen LogP contribution in [0, 0.1) is 17.1 Å². The van der Waals surface area contributed by atoms with Crippen LogP contribution in [0.15, 0.2) is 72.3 Å². The van der Waals surface area contributed by atoms with Gasteiger partial charge in [0, 0.05) is 0 Å². The lowest BCUT2D eigenvalue weighted by molar-refractivity contribution is -0.112. The Hall–Kier alpha value is -3.19. The van der Waals surface area contributed by atoms with Crippen LogP contribution in [-0.2, 0) is 4.79 Å². The van der Waals surface area contributed by atoms with E-state index < -0.39 is 11.7 Å². The first-order chi connectivity index (χ1) is 10.7. The molecule has 22 heavy (non-hydrogen) atoms. The molecule has 1 amide bonds. The van der Waals surface area contributed by atoms with Crippen molar-refractivity contribution in [2.24, 2.45) is 0 Å². The van der Waals surface area contributed by atoms with Crippen LogP contribution in [0.2, 0.25) is 0 Å². The third kappa shape index (κ3) is 4.15. The molecule has 4 heteroatoms. The summed E-state index contributed by atoms with van der Waals surface area (Å²) in [6, 6.07) is 17.1. The number of amides is 1. The third-order valence-electron chi connectivity index (χ3n) is 2.84. The molecule has 0 unspecified atom stereocenters. The van der Waals surface area contributed by atoms with Crippen molar-refractivity contribution in [2.45, 2.75) is 0 Å². The van der Waals surface area contributed by atoms with Gasteiger partial charge in [0.15, 0.2) is 0 Å². The molecule has 2 aromatic rings. The molecule has 0 aromatic heterocycles. The standard InChI is InChI=1S/C18H13FN2O/c19-16-11-4-5-12-17(16)21-18(22)15(13-20)10-6-9-14-7-2-1-3-8-14/h1-12H,(H,21,22). The Balaban J connectivity index is 2.09. The van der Waals surface area contributed by atoms with Crippen molar-refractivity contribution in [1.82, 2.24) is 0 Å². The van der Waals surface area contributed by atoms with Crippen LogP contribution in [-0.4, -0.2) is 5.91 Å². The number of anilines is 1. The van der Waals surface area contributed by atoms with Gasteiger partial charge in [-0.3, -0.25) is 4.79 Å². The Morgan fingerprint density at radius 3 is 2.45 bits per heavy atom. The number of para-hydroxylation sites is 1. The lowest BCUT2D eigenvalue weighted by Crippen LogP contribution is -2.14. The van der Waals surface area contributed by atoms with Gasteiger partial charge in [0.05, 0.1) is 5.69 Å². The average Bonchev–Trinajstić information content (AvgIpc) is 2.54. The molecule has 0 saturated heterocycles. The summed E-state index contributed by atoms with van der Waals surface area (Å²) >= 11 is 0.